The summed E-state index contributed by atoms with van der Waals surface area (Å²) in [5, 5.41) is 9.51. The standard InChI is InChI=1S/C25H35N9O5S/c1-5-17(23-27-8-9-32(23)4)20-19(21(22(26)35)31-30-20)24(36)29-18-14-16(15-28-25(18)39-7-3)40(37,38)34-12-10-33(6-2)11-13-34/h8-9,14-15,17H,5-7,10-13H2,1-4H3,(H2,26,35)(H,29,36)(H,30,31). The molecule has 0 radical (unpaired) electrons. The Morgan fingerprint density at radius 3 is 2.48 bits per heavy atom. The molecule has 1 atom stereocenters. The number of rotatable bonds is 11. The Kier molecular flexibility index (Phi) is 8.85. The van der Waals surface area contributed by atoms with Crippen molar-refractivity contribution in [3.8, 4) is 5.88 Å². The molecule has 0 bridgehead atoms. The zero-order chi connectivity index (χ0) is 29.0. The zero-order valence-corrected chi connectivity index (χ0v) is 23.9. The number of hydrogen-bond donors (Lipinski definition) is 3. The van der Waals surface area contributed by atoms with Gasteiger partial charge in [-0.3, -0.25) is 14.7 Å². The second kappa shape index (κ2) is 12.1. The molecule has 40 heavy (non-hydrogen) atoms. The molecule has 216 valence electrons. The van der Waals surface area contributed by atoms with Gasteiger partial charge in [-0.25, -0.2) is 18.4 Å². The number of anilines is 1. The highest BCUT2D eigenvalue weighted by molar-refractivity contribution is 7.89. The topological polar surface area (TPSA) is 181 Å². The highest BCUT2D eigenvalue weighted by Crippen LogP contribution is 2.32. The average Bonchev–Trinajstić information content (AvgIpc) is 3.57. The normalized spacial score (nSPS) is 15.6. The van der Waals surface area contributed by atoms with Crippen molar-refractivity contribution in [2.45, 2.75) is 38.0 Å². The second-order valence-electron chi connectivity index (χ2n) is 9.33. The van der Waals surface area contributed by atoms with Gasteiger partial charge in [0, 0.05) is 45.6 Å². The summed E-state index contributed by atoms with van der Waals surface area (Å²) >= 11 is 0. The molecule has 1 fully saturated rings. The number of nitrogens with zero attached hydrogens (tertiary/aromatic N) is 6. The SMILES string of the molecule is CCOc1ncc(S(=O)(=O)N2CCN(CC)CC2)cc1NC(=O)c1c(C(N)=O)n[nH]c1C(CC)c1nccn1C. The third-order valence-electron chi connectivity index (χ3n) is 6.95. The molecule has 0 spiro atoms. The van der Waals surface area contributed by atoms with E-state index < -0.39 is 27.8 Å². The number of H-pyrrole nitrogens is 1. The third-order valence-corrected chi connectivity index (χ3v) is 8.82. The quantitative estimate of drug-likeness (QED) is 0.303. The van der Waals surface area contributed by atoms with Crippen LogP contribution in [0.5, 0.6) is 5.88 Å². The van der Waals surface area contributed by atoms with E-state index in [9.17, 15) is 18.0 Å². The lowest BCUT2D eigenvalue weighted by Crippen LogP contribution is -2.48. The van der Waals surface area contributed by atoms with E-state index in [0.717, 1.165) is 6.54 Å². The first-order valence-corrected chi connectivity index (χ1v) is 14.6. The maximum Gasteiger partial charge on any atom is 0.270 e. The van der Waals surface area contributed by atoms with Crippen molar-refractivity contribution in [2.75, 3.05) is 44.6 Å². The highest BCUT2D eigenvalue weighted by atomic mass is 32.2. The number of sulfonamides is 1. The van der Waals surface area contributed by atoms with Crippen molar-refractivity contribution in [3.05, 3.63) is 47.4 Å². The first kappa shape index (κ1) is 29.2. The van der Waals surface area contributed by atoms with E-state index >= 15 is 0 Å². The van der Waals surface area contributed by atoms with E-state index in [0.29, 0.717) is 44.1 Å². The molecule has 1 unspecified atom stereocenters. The monoisotopic (exact) mass is 573 g/mol. The van der Waals surface area contributed by atoms with Crippen LogP contribution in [0.1, 0.15) is 65.5 Å². The Bertz CT molecular complexity index is 1480. The summed E-state index contributed by atoms with van der Waals surface area (Å²) in [5.74, 6) is -1.33. The fourth-order valence-electron chi connectivity index (χ4n) is 4.78. The molecular formula is C25H35N9O5S. The molecule has 15 heteroatoms. The van der Waals surface area contributed by atoms with Gasteiger partial charge in [-0.15, -0.1) is 0 Å². The smallest absolute Gasteiger partial charge is 0.270 e. The second-order valence-corrected chi connectivity index (χ2v) is 11.3. The molecule has 0 saturated carbocycles. The number of carbonyl (C=O) groups is 2. The fraction of sp³-hybridized carbons (Fsp3) is 0.480. The molecule has 4 rings (SSSR count). The molecule has 3 aromatic rings. The molecule has 2 amide bonds. The van der Waals surface area contributed by atoms with Crippen molar-refractivity contribution in [2.24, 2.45) is 12.8 Å². The number of hydrogen-bond acceptors (Lipinski definition) is 9. The number of piperazine rings is 1. The Hall–Kier alpha value is -3.82. The fourth-order valence-corrected chi connectivity index (χ4v) is 6.17. The summed E-state index contributed by atoms with van der Waals surface area (Å²) in [4.78, 5) is 36.7. The minimum atomic E-state index is -3.89. The van der Waals surface area contributed by atoms with Gasteiger partial charge in [0.2, 0.25) is 15.9 Å². The minimum absolute atomic E-state index is 0.0346. The summed E-state index contributed by atoms with van der Waals surface area (Å²) < 4.78 is 35.7. The number of primary amides is 1. The van der Waals surface area contributed by atoms with Crippen molar-refractivity contribution in [1.82, 2.24) is 33.9 Å². The predicted molar refractivity (Wildman–Crippen MR) is 147 cm³/mol. The Morgan fingerprint density at radius 2 is 1.90 bits per heavy atom. The summed E-state index contributed by atoms with van der Waals surface area (Å²) in [6.45, 7) is 8.69. The van der Waals surface area contributed by atoms with E-state index in [1.807, 2.05) is 25.5 Å². The van der Waals surface area contributed by atoms with Crippen molar-refractivity contribution in [1.29, 1.82) is 0 Å². The van der Waals surface area contributed by atoms with Gasteiger partial charge in [0.25, 0.3) is 11.8 Å². The number of aryl methyl sites for hydroxylation is 1. The molecule has 1 aliphatic rings. The van der Waals surface area contributed by atoms with Crippen LogP contribution in [0.3, 0.4) is 0 Å². The Morgan fingerprint density at radius 1 is 1.18 bits per heavy atom. The Balaban J connectivity index is 1.71. The first-order valence-electron chi connectivity index (χ1n) is 13.1. The largest absolute Gasteiger partial charge is 0.476 e. The molecule has 3 aromatic heterocycles. The number of carbonyl (C=O) groups excluding carboxylic acids is 2. The maximum absolute atomic E-state index is 13.7. The number of nitrogens with one attached hydrogen (secondary N) is 2. The van der Waals surface area contributed by atoms with E-state index in [-0.39, 0.29) is 34.3 Å². The van der Waals surface area contributed by atoms with E-state index in [4.69, 9.17) is 10.5 Å². The predicted octanol–water partition coefficient (Wildman–Crippen LogP) is 1.16. The van der Waals surface area contributed by atoms with Gasteiger partial charge in [0.05, 0.1) is 30.0 Å². The number of imidazole rings is 1. The van der Waals surface area contributed by atoms with E-state index in [2.05, 4.69) is 30.4 Å². The van der Waals surface area contributed by atoms with Gasteiger partial charge in [-0.2, -0.15) is 9.40 Å². The number of ether oxygens (including phenoxy) is 1. The van der Waals surface area contributed by atoms with Gasteiger partial charge in [-0.1, -0.05) is 13.8 Å². The summed E-state index contributed by atoms with van der Waals surface area (Å²) in [6, 6.07) is 1.32. The zero-order valence-electron chi connectivity index (χ0n) is 23.0. The Labute approximate surface area is 233 Å². The van der Waals surface area contributed by atoms with E-state index in [1.54, 1.807) is 19.3 Å². The van der Waals surface area contributed by atoms with Crippen LogP contribution in [0.25, 0.3) is 0 Å². The van der Waals surface area contributed by atoms with Gasteiger partial charge in [-0.05, 0) is 26.0 Å². The molecule has 0 aromatic carbocycles. The van der Waals surface area contributed by atoms with E-state index in [1.165, 1.54) is 16.6 Å². The van der Waals surface area contributed by atoms with Crippen LogP contribution >= 0.6 is 0 Å². The molecule has 14 nitrogen and oxygen atoms in total. The molecule has 4 heterocycles. The molecule has 4 N–H and O–H groups in total. The number of likely N-dealkylation sites (N-methyl/N-ethyl adjacent to an activating group) is 1. The van der Waals surface area contributed by atoms with Gasteiger partial charge in [0.1, 0.15) is 16.4 Å². The lowest BCUT2D eigenvalue weighted by molar-refractivity contribution is 0.0973. The van der Waals surface area contributed by atoms with Crippen LogP contribution in [0.4, 0.5) is 5.69 Å². The lowest BCUT2D eigenvalue weighted by atomic mass is 9.96. The van der Waals surface area contributed by atoms with Gasteiger partial charge in [0.15, 0.2) is 5.69 Å². The molecule has 1 saturated heterocycles. The van der Waals surface area contributed by atoms with Crippen LogP contribution in [-0.2, 0) is 17.1 Å². The number of amides is 2. The van der Waals surface area contributed by atoms with Gasteiger partial charge < -0.3 is 25.3 Å². The van der Waals surface area contributed by atoms with Gasteiger partial charge >= 0.3 is 0 Å². The third kappa shape index (κ3) is 5.71. The molecular weight excluding hydrogens is 538 g/mol. The summed E-state index contributed by atoms with van der Waals surface area (Å²) in [5.41, 5.74) is 5.64. The van der Waals surface area contributed by atoms with Crippen LogP contribution in [-0.4, -0.2) is 93.5 Å². The number of aromatic amines is 1. The van der Waals surface area contributed by atoms with Crippen LogP contribution < -0.4 is 15.8 Å². The maximum atomic E-state index is 13.7. The van der Waals surface area contributed by atoms with Crippen LogP contribution in [0, 0.1) is 0 Å². The van der Waals surface area contributed by atoms with Crippen LogP contribution in [0.15, 0.2) is 29.6 Å². The molecule has 0 aliphatic carbocycles. The van der Waals surface area contributed by atoms with Crippen molar-refractivity contribution < 1.29 is 22.7 Å². The average molecular weight is 574 g/mol. The minimum Gasteiger partial charge on any atom is -0.476 e. The molecule has 1 aliphatic heterocycles. The van der Waals surface area contributed by atoms with Crippen LogP contribution in [0.2, 0.25) is 0 Å². The van der Waals surface area contributed by atoms with Crippen molar-refractivity contribution >= 4 is 27.5 Å². The number of aromatic nitrogens is 5. The first-order chi connectivity index (χ1) is 19.1. The number of pyridine rings is 1. The highest BCUT2D eigenvalue weighted by Gasteiger charge is 2.32. The summed E-state index contributed by atoms with van der Waals surface area (Å²) in [7, 11) is -2.06. The summed E-state index contributed by atoms with van der Waals surface area (Å²) in [6.07, 6.45) is 5.17. The lowest BCUT2D eigenvalue weighted by Gasteiger charge is -2.33. The van der Waals surface area contributed by atoms with Crippen molar-refractivity contribution in [3.63, 3.8) is 0 Å². The number of nitrogens with two attached hydrogens (primary N) is 1.